The summed E-state index contributed by atoms with van der Waals surface area (Å²) in [5.41, 5.74) is 0.162. The number of carbonyl (C=O) groups excluding carboxylic acids is 1. The number of amides is 1. The number of halogens is 1. The van der Waals surface area contributed by atoms with E-state index < -0.39 is 12.7 Å². The Morgan fingerprint density at radius 3 is 2.69 bits per heavy atom. The normalized spacial score (nSPS) is 17.1. The average molecular weight is 480 g/mol. The van der Waals surface area contributed by atoms with Crippen LogP contribution in [-0.2, 0) is 9.30 Å². The van der Waals surface area contributed by atoms with Crippen LogP contribution in [-0.4, -0.2) is 59.0 Å². The molecule has 0 bridgehead atoms. The zero-order chi connectivity index (χ0) is 23.5. The van der Waals surface area contributed by atoms with E-state index in [1.165, 1.54) is 6.20 Å². The Hall–Kier alpha value is -2.31. The van der Waals surface area contributed by atoms with Crippen LogP contribution in [0.2, 0.25) is 5.02 Å². The highest BCUT2D eigenvalue weighted by atomic mass is 35.5. The number of aromatic nitrogens is 2. The highest BCUT2D eigenvalue weighted by Gasteiger charge is 2.28. The topological polar surface area (TPSA) is 96.5 Å². The molecule has 1 amide bonds. The van der Waals surface area contributed by atoms with Crippen molar-refractivity contribution in [2.75, 3.05) is 37.1 Å². The van der Waals surface area contributed by atoms with Gasteiger partial charge in [-0.05, 0) is 59.1 Å². The number of hydrogen-bond acceptors (Lipinski definition) is 7. The molecule has 0 unspecified atom stereocenters. The van der Waals surface area contributed by atoms with Crippen molar-refractivity contribution in [3.05, 3.63) is 35.5 Å². The highest BCUT2D eigenvalue weighted by molar-refractivity contribution is 7.70. The molecule has 10 heteroatoms. The molecule has 1 aromatic heterocycles. The Morgan fingerprint density at radius 1 is 1.28 bits per heavy atom. The lowest BCUT2D eigenvalue weighted by atomic mass is 10.1. The minimum atomic E-state index is -2.49. The molecule has 32 heavy (non-hydrogen) atoms. The summed E-state index contributed by atoms with van der Waals surface area (Å²) < 4.78 is 18.1. The molecule has 8 nitrogen and oxygen atoms in total. The van der Waals surface area contributed by atoms with Crippen LogP contribution in [0.3, 0.4) is 0 Å². The van der Waals surface area contributed by atoms with E-state index >= 15 is 0 Å². The summed E-state index contributed by atoms with van der Waals surface area (Å²) in [4.78, 5) is 22.9. The lowest BCUT2D eigenvalue weighted by Crippen LogP contribution is -2.47. The van der Waals surface area contributed by atoms with E-state index in [1.807, 2.05) is 45.0 Å². The van der Waals surface area contributed by atoms with E-state index in [9.17, 15) is 9.36 Å². The van der Waals surface area contributed by atoms with Crippen molar-refractivity contribution >= 4 is 47.6 Å². The van der Waals surface area contributed by atoms with E-state index in [4.69, 9.17) is 16.3 Å². The average Bonchev–Trinajstić information content (AvgIpc) is 2.69. The highest BCUT2D eigenvalue weighted by Crippen LogP contribution is 2.38. The van der Waals surface area contributed by atoms with Crippen molar-refractivity contribution < 1.29 is 14.1 Å². The predicted octanol–water partition coefficient (Wildman–Crippen LogP) is 4.93. The monoisotopic (exact) mass is 479 g/mol. The SMILES string of the molecule is CC(C)(C)OC(=O)N1CCC[C@@H](Nc2ncc(Cl)c(Nc3ccccc3P(C)(C)=O)n2)C1. The summed E-state index contributed by atoms with van der Waals surface area (Å²) in [7, 11) is -2.49. The van der Waals surface area contributed by atoms with Crippen molar-refractivity contribution in [2.45, 2.75) is 45.3 Å². The second-order valence-corrected chi connectivity index (χ2v) is 12.9. The van der Waals surface area contributed by atoms with Gasteiger partial charge in [0.2, 0.25) is 5.95 Å². The molecule has 1 atom stereocenters. The molecule has 1 saturated heterocycles. The maximum Gasteiger partial charge on any atom is 0.410 e. The van der Waals surface area contributed by atoms with Crippen molar-refractivity contribution in [3.63, 3.8) is 0 Å². The van der Waals surface area contributed by atoms with Gasteiger partial charge in [0, 0.05) is 24.4 Å². The molecule has 2 aromatic rings. The molecule has 1 aliphatic rings. The number of ether oxygens (including phenoxy) is 1. The summed E-state index contributed by atoms with van der Waals surface area (Å²) in [6.45, 7) is 10.2. The molecular formula is C22H31ClN5O3P. The van der Waals surface area contributed by atoms with Crippen LogP contribution in [0.25, 0.3) is 0 Å². The summed E-state index contributed by atoms with van der Waals surface area (Å²) >= 11 is 6.33. The minimum Gasteiger partial charge on any atom is -0.444 e. The van der Waals surface area contributed by atoms with Crippen LogP contribution in [0.4, 0.5) is 22.2 Å². The Morgan fingerprint density at radius 2 is 2.00 bits per heavy atom. The third-order valence-electron chi connectivity index (χ3n) is 4.89. The van der Waals surface area contributed by atoms with Crippen molar-refractivity contribution in [3.8, 4) is 0 Å². The number of carbonyl (C=O) groups is 1. The smallest absolute Gasteiger partial charge is 0.410 e. The summed E-state index contributed by atoms with van der Waals surface area (Å²) in [6, 6.07) is 7.39. The number of piperidine rings is 1. The van der Waals surface area contributed by atoms with Gasteiger partial charge in [-0.2, -0.15) is 4.98 Å². The molecular weight excluding hydrogens is 449 g/mol. The molecule has 0 aliphatic carbocycles. The molecule has 2 N–H and O–H groups in total. The first-order chi connectivity index (χ1) is 14.9. The summed E-state index contributed by atoms with van der Waals surface area (Å²) in [6.07, 6.45) is 2.94. The molecule has 3 rings (SSSR count). The van der Waals surface area contributed by atoms with Crippen LogP contribution < -0.4 is 15.9 Å². The first kappa shape index (κ1) is 24.3. The van der Waals surface area contributed by atoms with E-state index in [0.717, 1.165) is 18.1 Å². The molecule has 0 saturated carbocycles. The first-order valence-electron chi connectivity index (χ1n) is 10.6. The van der Waals surface area contributed by atoms with E-state index in [0.29, 0.717) is 35.6 Å². The van der Waals surface area contributed by atoms with Crippen LogP contribution >= 0.6 is 18.7 Å². The van der Waals surface area contributed by atoms with Gasteiger partial charge in [0.25, 0.3) is 0 Å². The maximum absolute atomic E-state index is 12.7. The number of likely N-dealkylation sites (tertiary alicyclic amines) is 1. The standard InChI is InChI=1S/C22H31ClN5O3P/c1-22(2,3)31-21(29)28-12-8-9-15(14-28)25-20-24-13-16(23)19(27-20)26-17-10-6-7-11-18(17)32(4,5)30/h6-7,10-11,13,15H,8-9,12,14H2,1-5H3,(H2,24,25,26,27)/t15-/m1/s1. The number of rotatable bonds is 5. The fourth-order valence-corrected chi connectivity index (χ4v) is 4.76. The Bertz CT molecular complexity index is 1020. The summed E-state index contributed by atoms with van der Waals surface area (Å²) in [5, 5.41) is 7.58. The minimum absolute atomic E-state index is 0.0101. The van der Waals surface area contributed by atoms with Gasteiger partial charge >= 0.3 is 6.09 Å². The van der Waals surface area contributed by atoms with Gasteiger partial charge in [0.05, 0.1) is 11.9 Å². The Kier molecular flexibility index (Phi) is 7.36. The van der Waals surface area contributed by atoms with Crippen LogP contribution in [0.15, 0.2) is 30.5 Å². The van der Waals surface area contributed by atoms with Crippen molar-refractivity contribution in [2.24, 2.45) is 0 Å². The summed E-state index contributed by atoms with van der Waals surface area (Å²) in [5.74, 6) is 0.825. The van der Waals surface area contributed by atoms with Gasteiger partial charge in [-0.1, -0.05) is 23.7 Å². The predicted molar refractivity (Wildman–Crippen MR) is 130 cm³/mol. The largest absolute Gasteiger partial charge is 0.444 e. The van der Waals surface area contributed by atoms with Crippen LogP contribution in [0.5, 0.6) is 0 Å². The second-order valence-electron chi connectivity index (χ2n) is 9.29. The zero-order valence-corrected chi connectivity index (χ0v) is 20.8. The van der Waals surface area contributed by atoms with Gasteiger partial charge in [-0.15, -0.1) is 0 Å². The number of para-hydroxylation sites is 1. The van der Waals surface area contributed by atoms with Gasteiger partial charge < -0.3 is 24.8 Å². The van der Waals surface area contributed by atoms with E-state index in [1.54, 1.807) is 18.2 Å². The van der Waals surface area contributed by atoms with Gasteiger partial charge in [-0.3, -0.25) is 0 Å². The third kappa shape index (κ3) is 6.59. The van der Waals surface area contributed by atoms with Crippen LogP contribution in [0.1, 0.15) is 33.6 Å². The second kappa shape index (κ2) is 9.67. The fourth-order valence-electron chi connectivity index (χ4n) is 3.47. The Labute approximate surface area is 194 Å². The van der Waals surface area contributed by atoms with Gasteiger partial charge in [-0.25, -0.2) is 9.78 Å². The van der Waals surface area contributed by atoms with Crippen LogP contribution in [0, 0.1) is 0 Å². The Balaban J connectivity index is 1.73. The van der Waals surface area contributed by atoms with Gasteiger partial charge in [0.1, 0.15) is 17.8 Å². The first-order valence-corrected chi connectivity index (χ1v) is 13.6. The number of anilines is 3. The van der Waals surface area contributed by atoms with Crippen molar-refractivity contribution in [1.29, 1.82) is 0 Å². The molecule has 2 heterocycles. The molecule has 0 spiro atoms. The lowest BCUT2D eigenvalue weighted by Gasteiger charge is -2.34. The maximum atomic E-state index is 12.7. The quantitative estimate of drug-likeness (QED) is 0.586. The van der Waals surface area contributed by atoms with Crippen molar-refractivity contribution in [1.82, 2.24) is 14.9 Å². The van der Waals surface area contributed by atoms with Gasteiger partial charge in [0.15, 0.2) is 5.82 Å². The molecule has 174 valence electrons. The van der Waals surface area contributed by atoms with E-state index in [-0.39, 0.29) is 12.1 Å². The number of hydrogen-bond donors (Lipinski definition) is 2. The number of nitrogens with zero attached hydrogens (tertiary/aromatic N) is 3. The number of nitrogens with one attached hydrogen (secondary N) is 2. The van der Waals surface area contributed by atoms with E-state index in [2.05, 4.69) is 20.6 Å². The number of benzene rings is 1. The molecule has 0 radical (unpaired) electrons. The molecule has 1 aromatic carbocycles. The third-order valence-corrected chi connectivity index (χ3v) is 6.71. The molecule has 1 aliphatic heterocycles. The lowest BCUT2D eigenvalue weighted by molar-refractivity contribution is 0.0206. The molecule has 1 fully saturated rings. The fraction of sp³-hybridized carbons (Fsp3) is 0.500. The zero-order valence-electron chi connectivity index (χ0n) is 19.2.